The first-order chi connectivity index (χ1) is 5.24. The van der Waals surface area contributed by atoms with Crippen LogP contribution in [0.15, 0.2) is 12.7 Å². The number of rotatable bonds is 2. The fourth-order valence-electron chi connectivity index (χ4n) is 1.89. The zero-order valence-electron chi connectivity index (χ0n) is 7.71. The van der Waals surface area contributed by atoms with Crippen molar-refractivity contribution in [2.45, 2.75) is 32.7 Å². The SMILES string of the molecule is C=CCN1CCC(C)C[C@H]1C. The van der Waals surface area contributed by atoms with Gasteiger partial charge in [-0.15, -0.1) is 6.58 Å². The summed E-state index contributed by atoms with van der Waals surface area (Å²) in [6.45, 7) is 10.8. The molecule has 0 aromatic carbocycles. The van der Waals surface area contributed by atoms with E-state index in [-0.39, 0.29) is 0 Å². The minimum absolute atomic E-state index is 0.761. The van der Waals surface area contributed by atoms with E-state index in [1.54, 1.807) is 0 Å². The van der Waals surface area contributed by atoms with Gasteiger partial charge in [-0.1, -0.05) is 13.0 Å². The van der Waals surface area contributed by atoms with Crippen molar-refractivity contribution in [2.75, 3.05) is 13.1 Å². The maximum Gasteiger partial charge on any atom is 0.0163 e. The van der Waals surface area contributed by atoms with Gasteiger partial charge in [-0.3, -0.25) is 4.90 Å². The molecular weight excluding hydrogens is 134 g/mol. The molecule has 1 nitrogen and oxygen atoms in total. The highest BCUT2D eigenvalue weighted by Gasteiger charge is 2.20. The largest absolute Gasteiger partial charge is 0.297 e. The Kier molecular flexibility index (Phi) is 3.13. The van der Waals surface area contributed by atoms with Crippen molar-refractivity contribution in [2.24, 2.45) is 5.92 Å². The lowest BCUT2D eigenvalue weighted by atomic mass is 9.93. The second-order valence-electron chi connectivity index (χ2n) is 3.76. The Bertz CT molecular complexity index is 131. The van der Waals surface area contributed by atoms with Gasteiger partial charge >= 0.3 is 0 Å². The third-order valence-corrected chi connectivity index (χ3v) is 2.64. The molecule has 1 fully saturated rings. The second-order valence-corrected chi connectivity index (χ2v) is 3.76. The lowest BCUT2D eigenvalue weighted by Crippen LogP contribution is -2.40. The first kappa shape index (κ1) is 8.79. The summed E-state index contributed by atoms with van der Waals surface area (Å²) in [6.07, 6.45) is 4.72. The summed E-state index contributed by atoms with van der Waals surface area (Å²) < 4.78 is 0. The van der Waals surface area contributed by atoms with Crippen LogP contribution in [0.1, 0.15) is 26.7 Å². The summed E-state index contributed by atoms with van der Waals surface area (Å²) in [4.78, 5) is 2.51. The minimum Gasteiger partial charge on any atom is -0.297 e. The van der Waals surface area contributed by atoms with Crippen molar-refractivity contribution < 1.29 is 0 Å². The van der Waals surface area contributed by atoms with Gasteiger partial charge in [0.15, 0.2) is 0 Å². The van der Waals surface area contributed by atoms with Crippen molar-refractivity contribution in [3.05, 3.63) is 12.7 Å². The molecule has 0 aliphatic carbocycles. The summed E-state index contributed by atoms with van der Waals surface area (Å²) in [5, 5.41) is 0. The van der Waals surface area contributed by atoms with Gasteiger partial charge in [-0.05, 0) is 32.2 Å². The molecule has 0 aromatic heterocycles. The van der Waals surface area contributed by atoms with Gasteiger partial charge in [0.05, 0.1) is 0 Å². The highest BCUT2D eigenvalue weighted by Crippen LogP contribution is 2.21. The van der Waals surface area contributed by atoms with E-state index in [0.29, 0.717) is 0 Å². The van der Waals surface area contributed by atoms with Crippen molar-refractivity contribution in [1.29, 1.82) is 0 Å². The van der Waals surface area contributed by atoms with E-state index in [2.05, 4.69) is 25.3 Å². The first-order valence-corrected chi connectivity index (χ1v) is 4.59. The zero-order chi connectivity index (χ0) is 8.27. The van der Waals surface area contributed by atoms with E-state index in [0.717, 1.165) is 18.5 Å². The molecule has 0 radical (unpaired) electrons. The molecule has 11 heavy (non-hydrogen) atoms. The van der Waals surface area contributed by atoms with E-state index < -0.39 is 0 Å². The molecule has 1 aliphatic rings. The third-order valence-electron chi connectivity index (χ3n) is 2.64. The molecule has 0 saturated carbocycles. The molecule has 0 bridgehead atoms. The van der Waals surface area contributed by atoms with Crippen LogP contribution in [0, 0.1) is 5.92 Å². The van der Waals surface area contributed by atoms with Gasteiger partial charge in [-0.25, -0.2) is 0 Å². The Morgan fingerprint density at radius 3 is 2.82 bits per heavy atom. The van der Waals surface area contributed by atoms with Gasteiger partial charge in [0.25, 0.3) is 0 Å². The van der Waals surface area contributed by atoms with Crippen LogP contribution in [0.25, 0.3) is 0 Å². The third kappa shape index (κ3) is 2.33. The highest BCUT2D eigenvalue weighted by molar-refractivity contribution is 4.82. The van der Waals surface area contributed by atoms with Crippen LogP contribution in [0.3, 0.4) is 0 Å². The van der Waals surface area contributed by atoms with Crippen LogP contribution in [0.5, 0.6) is 0 Å². The Morgan fingerprint density at radius 2 is 2.27 bits per heavy atom. The topological polar surface area (TPSA) is 3.24 Å². The zero-order valence-corrected chi connectivity index (χ0v) is 7.71. The molecule has 1 saturated heterocycles. The van der Waals surface area contributed by atoms with Gasteiger partial charge in [0, 0.05) is 12.6 Å². The van der Waals surface area contributed by atoms with Crippen LogP contribution < -0.4 is 0 Å². The van der Waals surface area contributed by atoms with E-state index in [4.69, 9.17) is 0 Å². The number of likely N-dealkylation sites (tertiary alicyclic amines) is 1. The lowest BCUT2D eigenvalue weighted by molar-refractivity contribution is 0.144. The van der Waals surface area contributed by atoms with Crippen LogP contribution in [-0.2, 0) is 0 Å². The molecular formula is C10H19N. The molecule has 64 valence electrons. The molecule has 1 heterocycles. The van der Waals surface area contributed by atoms with Crippen molar-refractivity contribution in [1.82, 2.24) is 4.90 Å². The first-order valence-electron chi connectivity index (χ1n) is 4.59. The van der Waals surface area contributed by atoms with Crippen LogP contribution in [0.2, 0.25) is 0 Å². The number of piperidine rings is 1. The number of nitrogens with zero attached hydrogens (tertiary/aromatic N) is 1. The van der Waals surface area contributed by atoms with E-state index in [1.807, 2.05) is 6.08 Å². The molecule has 1 aliphatic heterocycles. The van der Waals surface area contributed by atoms with Gasteiger partial charge in [-0.2, -0.15) is 0 Å². The number of hydrogen-bond acceptors (Lipinski definition) is 1. The average molecular weight is 153 g/mol. The van der Waals surface area contributed by atoms with E-state index >= 15 is 0 Å². The molecule has 0 amide bonds. The average Bonchev–Trinajstić information content (AvgIpc) is 1.95. The summed E-state index contributed by atoms with van der Waals surface area (Å²) in [5.74, 6) is 0.922. The van der Waals surface area contributed by atoms with Gasteiger partial charge in [0.2, 0.25) is 0 Å². The molecule has 1 unspecified atom stereocenters. The Hall–Kier alpha value is -0.300. The second kappa shape index (κ2) is 3.91. The predicted molar refractivity (Wildman–Crippen MR) is 49.6 cm³/mol. The quantitative estimate of drug-likeness (QED) is 0.550. The van der Waals surface area contributed by atoms with Gasteiger partial charge in [0.1, 0.15) is 0 Å². The summed E-state index contributed by atoms with van der Waals surface area (Å²) in [6, 6.07) is 0.761. The molecule has 2 atom stereocenters. The Balaban J connectivity index is 2.37. The summed E-state index contributed by atoms with van der Waals surface area (Å²) >= 11 is 0. The van der Waals surface area contributed by atoms with E-state index in [1.165, 1.54) is 19.4 Å². The van der Waals surface area contributed by atoms with Gasteiger partial charge < -0.3 is 0 Å². The normalized spacial score (nSPS) is 33.6. The fraction of sp³-hybridized carbons (Fsp3) is 0.800. The van der Waals surface area contributed by atoms with Crippen LogP contribution >= 0.6 is 0 Å². The minimum atomic E-state index is 0.761. The number of hydrogen-bond donors (Lipinski definition) is 0. The highest BCUT2D eigenvalue weighted by atomic mass is 15.1. The monoisotopic (exact) mass is 153 g/mol. The maximum absolute atomic E-state index is 3.77. The van der Waals surface area contributed by atoms with Crippen molar-refractivity contribution in [3.8, 4) is 0 Å². The molecule has 0 N–H and O–H groups in total. The van der Waals surface area contributed by atoms with Crippen LogP contribution in [-0.4, -0.2) is 24.0 Å². The maximum atomic E-state index is 3.77. The summed E-state index contributed by atoms with van der Waals surface area (Å²) in [5.41, 5.74) is 0. The Morgan fingerprint density at radius 1 is 1.55 bits per heavy atom. The molecule has 1 rings (SSSR count). The van der Waals surface area contributed by atoms with Crippen molar-refractivity contribution >= 4 is 0 Å². The smallest absolute Gasteiger partial charge is 0.0163 e. The predicted octanol–water partition coefficient (Wildman–Crippen LogP) is 2.29. The molecule has 0 aromatic rings. The Labute approximate surface area is 70.1 Å². The standard InChI is InChI=1S/C10H19N/c1-4-6-11-7-5-9(2)8-10(11)3/h4,9-10H,1,5-8H2,2-3H3/t9?,10-/m1/s1. The molecule has 1 heteroatoms. The van der Waals surface area contributed by atoms with Crippen LogP contribution in [0.4, 0.5) is 0 Å². The fourth-order valence-corrected chi connectivity index (χ4v) is 1.89. The van der Waals surface area contributed by atoms with Crippen molar-refractivity contribution in [3.63, 3.8) is 0 Å². The lowest BCUT2D eigenvalue weighted by Gasteiger charge is -2.35. The summed E-state index contributed by atoms with van der Waals surface area (Å²) in [7, 11) is 0. The van der Waals surface area contributed by atoms with E-state index in [9.17, 15) is 0 Å². The molecule has 0 spiro atoms.